The second-order valence-corrected chi connectivity index (χ2v) is 8.75. The molecule has 0 saturated heterocycles. The lowest BCUT2D eigenvalue weighted by Crippen LogP contribution is -2.13. The molecule has 1 aromatic heterocycles. The maximum Gasteiger partial charge on any atom is 0.227 e. The summed E-state index contributed by atoms with van der Waals surface area (Å²) in [6, 6.07) is 9.83. The van der Waals surface area contributed by atoms with Crippen LogP contribution in [0.25, 0.3) is 0 Å². The number of carbonyl (C=O) groups excluding carboxylic acids is 1. The van der Waals surface area contributed by atoms with Crippen molar-refractivity contribution in [1.29, 1.82) is 0 Å². The Balaban J connectivity index is 1.57. The summed E-state index contributed by atoms with van der Waals surface area (Å²) < 4.78 is 42.9. The maximum absolute atomic E-state index is 13.1. The Morgan fingerprint density at radius 2 is 1.93 bits per heavy atom. The smallest absolute Gasteiger partial charge is 0.227 e. The molecule has 0 bridgehead atoms. The Morgan fingerprint density at radius 1 is 1.21 bits per heavy atom. The van der Waals surface area contributed by atoms with Crippen LogP contribution in [0.2, 0.25) is 5.02 Å². The molecule has 0 aliphatic heterocycles. The monoisotopic (exact) mass is 437 g/mol. The number of carbonyl (C=O) groups is 1. The molecule has 10 heteroatoms. The van der Waals surface area contributed by atoms with Crippen molar-refractivity contribution in [1.82, 2.24) is 10.1 Å². The number of aromatic nitrogens is 2. The lowest BCUT2D eigenvalue weighted by molar-refractivity contribution is -0.116. The highest BCUT2D eigenvalue weighted by atomic mass is 35.5. The Labute approximate surface area is 171 Å². The van der Waals surface area contributed by atoms with E-state index < -0.39 is 15.6 Å². The predicted octanol–water partition coefficient (Wildman–Crippen LogP) is 3.72. The lowest BCUT2D eigenvalue weighted by atomic mass is 10.2. The molecule has 7 nitrogen and oxygen atoms in total. The number of benzene rings is 2. The van der Waals surface area contributed by atoms with E-state index in [2.05, 4.69) is 15.5 Å². The van der Waals surface area contributed by atoms with E-state index in [1.807, 2.05) is 0 Å². The molecule has 3 aromatic rings. The summed E-state index contributed by atoms with van der Waals surface area (Å²) in [6.45, 7) is 1.68. The van der Waals surface area contributed by atoms with Crippen LogP contribution in [0.3, 0.4) is 0 Å². The molecule has 0 atom stereocenters. The standard InChI is InChI=1S/C19H17ClFN3O4S/c1-12-10-14(21)4-7-16(12)22-18(25)8-9-19-23-17(24-28-19)11-29(26,27)15-5-2-13(20)3-6-15/h2-7,10H,8-9,11H2,1H3,(H,22,25). The van der Waals surface area contributed by atoms with E-state index in [1.165, 1.54) is 42.5 Å². The van der Waals surface area contributed by atoms with Gasteiger partial charge in [-0.1, -0.05) is 16.8 Å². The molecule has 0 aliphatic carbocycles. The fourth-order valence-corrected chi connectivity index (χ4v) is 3.85. The molecular weight excluding hydrogens is 421 g/mol. The van der Waals surface area contributed by atoms with Crippen molar-refractivity contribution in [3.63, 3.8) is 0 Å². The van der Waals surface area contributed by atoms with E-state index in [0.29, 0.717) is 16.3 Å². The highest BCUT2D eigenvalue weighted by molar-refractivity contribution is 7.90. The quantitative estimate of drug-likeness (QED) is 0.604. The molecule has 3 rings (SSSR count). The van der Waals surface area contributed by atoms with Crippen LogP contribution in [-0.2, 0) is 26.8 Å². The van der Waals surface area contributed by atoms with Crippen molar-refractivity contribution < 1.29 is 22.1 Å². The topological polar surface area (TPSA) is 102 Å². The molecule has 0 spiro atoms. The third-order valence-corrected chi connectivity index (χ3v) is 5.91. The van der Waals surface area contributed by atoms with E-state index in [-0.39, 0.29) is 41.2 Å². The molecule has 0 unspecified atom stereocenters. The van der Waals surface area contributed by atoms with Gasteiger partial charge in [0.25, 0.3) is 0 Å². The first-order chi connectivity index (χ1) is 13.7. The van der Waals surface area contributed by atoms with Gasteiger partial charge < -0.3 is 9.84 Å². The van der Waals surface area contributed by atoms with Crippen LogP contribution in [0.1, 0.15) is 23.7 Å². The van der Waals surface area contributed by atoms with Crippen LogP contribution in [0.5, 0.6) is 0 Å². The minimum atomic E-state index is -3.65. The molecule has 1 heterocycles. The summed E-state index contributed by atoms with van der Waals surface area (Å²) in [5, 5.41) is 6.77. The first kappa shape index (κ1) is 20.9. The first-order valence-corrected chi connectivity index (χ1v) is 10.6. The van der Waals surface area contributed by atoms with Crippen LogP contribution in [0.15, 0.2) is 51.9 Å². The van der Waals surface area contributed by atoms with E-state index >= 15 is 0 Å². The van der Waals surface area contributed by atoms with E-state index in [9.17, 15) is 17.6 Å². The molecule has 0 fully saturated rings. The van der Waals surface area contributed by atoms with Gasteiger partial charge in [0, 0.05) is 23.6 Å². The van der Waals surface area contributed by atoms with Crippen molar-refractivity contribution in [3.8, 4) is 0 Å². The van der Waals surface area contributed by atoms with Gasteiger partial charge in [0.2, 0.25) is 11.8 Å². The third-order valence-electron chi connectivity index (χ3n) is 4.03. The van der Waals surface area contributed by atoms with Crippen LogP contribution in [-0.4, -0.2) is 24.5 Å². The molecule has 2 aromatic carbocycles. The molecule has 1 N–H and O–H groups in total. The first-order valence-electron chi connectivity index (χ1n) is 8.59. The Morgan fingerprint density at radius 3 is 2.62 bits per heavy atom. The minimum absolute atomic E-state index is 0.00439. The number of amides is 1. The Bertz CT molecular complexity index is 1130. The number of anilines is 1. The van der Waals surface area contributed by atoms with Crippen molar-refractivity contribution in [2.45, 2.75) is 30.4 Å². The van der Waals surface area contributed by atoms with Crippen LogP contribution in [0.4, 0.5) is 10.1 Å². The minimum Gasteiger partial charge on any atom is -0.339 e. The normalized spacial score (nSPS) is 11.4. The zero-order valence-electron chi connectivity index (χ0n) is 15.4. The number of nitrogens with one attached hydrogen (secondary N) is 1. The Kier molecular flexibility index (Phi) is 6.29. The van der Waals surface area contributed by atoms with Gasteiger partial charge in [0.15, 0.2) is 15.7 Å². The highest BCUT2D eigenvalue weighted by Gasteiger charge is 2.19. The van der Waals surface area contributed by atoms with E-state index in [0.717, 1.165) is 0 Å². The van der Waals surface area contributed by atoms with Crippen LogP contribution in [0, 0.1) is 12.7 Å². The van der Waals surface area contributed by atoms with E-state index in [4.69, 9.17) is 16.1 Å². The average molecular weight is 438 g/mol. The Hall–Kier alpha value is -2.78. The van der Waals surface area contributed by atoms with Crippen LogP contribution < -0.4 is 5.32 Å². The lowest BCUT2D eigenvalue weighted by Gasteiger charge is -2.07. The van der Waals surface area contributed by atoms with Gasteiger partial charge in [0.1, 0.15) is 11.6 Å². The second kappa shape index (κ2) is 8.71. The van der Waals surface area contributed by atoms with Gasteiger partial charge in [-0.25, -0.2) is 12.8 Å². The SMILES string of the molecule is Cc1cc(F)ccc1NC(=O)CCc1nc(CS(=O)(=O)c2ccc(Cl)cc2)no1. The van der Waals surface area contributed by atoms with Gasteiger partial charge in [-0.3, -0.25) is 4.79 Å². The summed E-state index contributed by atoms with van der Waals surface area (Å²) in [7, 11) is -3.65. The van der Waals surface area contributed by atoms with Crippen molar-refractivity contribution >= 4 is 33.0 Å². The number of hydrogen-bond donors (Lipinski definition) is 1. The number of nitrogens with zero attached hydrogens (tertiary/aromatic N) is 2. The summed E-state index contributed by atoms with van der Waals surface area (Å²) in [4.78, 5) is 16.2. The molecule has 0 radical (unpaired) electrons. The van der Waals surface area contributed by atoms with Crippen LogP contribution >= 0.6 is 11.6 Å². The summed E-state index contributed by atoms with van der Waals surface area (Å²) in [6.07, 6.45) is 0.183. The molecule has 1 amide bonds. The molecule has 152 valence electrons. The molecule has 0 saturated carbocycles. The van der Waals surface area contributed by atoms with E-state index in [1.54, 1.807) is 6.92 Å². The maximum atomic E-state index is 13.1. The van der Waals surface area contributed by atoms with Crippen molar-refractivity contribution in [3.05, 3.63) is 70.6 Å². The molecule has 29 heavy (non-hydrogen) atoms. The number of hydrogen-bond acceptors (Lipinski definition) is 6. The predicted molar refractivity (Wildman–Crippen MR) is 105 cm³/mol. The van der Waals surface area contributed by atoms with Gasteiger partial charge in [-0.15, -0.1) is 0 Å². The number of halogens is 2. The summed E-state index contributed by atoms with van der Waals surface area (Å²) >= 11 is 5.77. The highest BCUT2D eigenvalue weighted by Crippen LogP contribution is 2.19. The third kappa shape index (κ3) is 5.61. The van der Waals surface area contributed by atoms with Crippen molar-refractivity contribution in [2.24, 2.45) is 0 Å². The second-order valence-electron chi connectivity index (χ2n) is 6.32. The fourth-order valence-electron chi connectivity index (χ4n) is 2.55. The zero-order valence-corrected chi connectivity index (χ0v) is 16.9. The average Bonchev–Trinajstić information content (AvgIpc) is 3.09. The number of aryl methyl sites for hydroxylation is 2. The molecular formula is C19H17ClFN3O4S. The van der Waals surface area contributed by atoms with Gasteiger partial charge in [-0.2, -0.15) is 4.98 Å². The zero-order chi connectivity index (χ0) is 21.0. The number of sulfone groups is 1. The van der Waals surface area contributed by atoms with Crippen molar-refractivity contribution in [2.75, 3.05) is 5.32 Å². The van der Waals surface area contributed by atoms with Gasteiger partial charge in [-0.05, 0) is 55.0 Å². The van der Waals surface area contributed by atoms with Gasteiger partial charge >= 0.3 is 0 Å². The largest absolute Gasteiger partial charge is 0.339 e. The summed E-state index contributed by atoms with van der Waals surface area (Å²) in [5.41, 5.74) is 1.11. The molecule has 0 aliphatic rings. The fraction of sp³-hybridized carbons (Fsp3) is 0.211. The summed E-state index contributed by atoms with van der Waals surface area (Å²) in [5.74, 6) is -0.971. The van der Waals surface area contributed by atoms with Gasteiger partial charge in [0.05, 0.1) is 4.90 Å². The number of rotatable bonds is 7.